The van der Waals surface area contributed by atoms with E-state index in [1.165, 1.54) is 0 Å². The van der Waals surface area contributed by atoms with E-state index in [9.17, 15) is 4.79 Å². The van der Waals surface area contributed by atoms with Crippen LogP contribution in [-0.2, 0) is 9.53 Å². The minimum atomic E-state index is -0.404. The fourth-order valence-electron chi connectivity index (χ4n) is 1.65. The van der Waals surface area contributed by atoms with Crippen LogP contribution in [0, 0.1) is 0 Å². The number of methoxy groups -OCH3 is 1. The van der Waals surface area contributed by atoms with Gasteiger partial charge in [0.1, 0.15) is 5.75 Å². The predicted octanol–water partition coefficient (Wildman–Crippen LogP) is 3.87. The zero-order chi connectivity index (χ0) is 17.9. The summed E-state index contributed by atoms with van der Waals surface area (Å²) in [4.78, 5) is 15.1. The molecule has 24 heavy (non-hydrogen) atoms. The fourth-order valence-corrected chi connectivity index (χ4v) is 1.65. The molecule has 0 saturated heterocycles. The van der Waals surface area contributed by atoms with Gasteiger partial charge in [0, 0.05) is 25.2 Å². The summed E-state index contributed by atoms with van der Waals surface area (Å²) in [7, 11) is 1.68. The highest BCUT2D eigenvalue weighted by atomic mass is 16.5. The quantitative estimate of drug-likeness (QED) is 0.716. The average molecular weight is 334 g/mol. The molecule has 2 rings (SSSR count). The van der Waals surface area contributed by atoms with E-state index in [4.69, 9.17) is 9.26 Å². The van der Waals surface area contributed by atoms with Crippen molar-refractivity contribution in [3.05, 3.63) is 30.2 Å². The van der Waals surface area contributed by atoms with Crippen LogP contribution in [0.5, 0.6) is 5.75 Å². The van der Waals surface area contributed by atoms with E-state index in [0.29, 0.717) is 23.9 Å². The van der Waals surface area contributed by atoms with Crippen LogP contribution in [0.25, 0.3) is 11.4 Å². The van der Waals surface area contributed by atoms with Crippen molar-refractivity contribution in [2.24, 2.45) is 0 Å². The van der Waals surface area contributed by atoms with Gasteiger partial charge < -0.3 is 14.0 Å². The molecule has 0 amide bonds. The standard InChI is InChI=1S/C15H18N2O3.C3H8O/c1-4-12(9-18)19-13-7-5-11(6-8-13)14-16-15(10(2)3)20-17-14;1-3-4-2/h5-10,12H,4H2,1-3H3;3H2,1-2H3. The lowest BCUT2D eigenvalue weighted by molar-refractivity contribution is -0.113. The number of nitrogens with zero attached hydrogens (tertiary/aromatic N) is 2. The van der Waals surface area contributed by atoms with Crippen molar-refractivity contribution in [2.45, 2.75) is 46.1 Å². The fraction of sp³-hybridized carbons (Fsp3) is 0.500. The Balaban J connectivity index is 0.000000648. The molecule has 1 atom stereocenters. The first kappa shape index (κ1) is 19.8. The van der Waals surface area contributed by atoms with E-state index in [0.717, 1.165) is 18.5 Å². The summed E-state index contributed by atoms with van der Waals surface area (Å²) in [5.41, 5.74) is 0.854. The lowest BCUT2D eigenvalue weighted by atomic mass is 10.2. The summed E-state index contributed by atoms with van der Waals surface area (Å²) in [6.07, 6.45) is 1.05. The molecule has 0 bridgehead atoms. The van der Waals surface area contributed by atoms with Crippen LogP contribution in [0.3, 0.4) is 0 Å². The van der Waals surface area contributed by atoms with Gasteiger partial charge in [0.05, 0.1) is 0 Å². The van der Waals surface area contributed by atoms with Crippen LogP contribution in [-0.4, -0.2) is 36.2 Å². The van der Waals surface area contributed by atoms with Gasteiger partial charge >= 0.3 is 0 Å². The van der Waals surface area contributed by atoms with Crippen molar-refractivity contribution in [2.75, 3.05) is 13.7 Å². The number of aromatic nitrogens is 2. The number of benzene rings is 1. The monoisotopic (exact) mass is 334 g/mol. The van der Waals surface area contributed by atoms with Crippen LogP contribution >= 0.6 is 0 Å². The van der Waals surface area contributed by atoms with Gasteiger partial charge in [-0.2, -0.15) is 4.98 Å². The van der Waals surface area contributed by atoms with E-state index >= 15 is 0 Å². The van der Waals surface area contributed by atoms with Crippen molar-refractivity contribution in [1.82, 2.24) is 10.1 Å². The maximum absolute atomic E-state index is 10.7. The van der Waals surface area contributed by atoms with Gasteiger partial charge in [0.25, 0.3) is 0 Å². The van der Waals surface area contributed by atoms with Crippen LogP contribution < -0.4 is 4.74 Å². The van der Waals surface area contributed by atoms with Crippen molar-refractivity contribution in [3.63, 3.8) is 0 Å². The Hall–Kier alpha value is -2.21. The van der Waals surface area contributed by atoms with Crippen LogP contribution in [0.1, 0.15) is 45.9 Å². The summed E-state index contributed by atoms with van der Waals surface area (Å²) >= 11 is 0. The molecule has 0 aliphatic rings. The summed E-state index contributed by atoms with van der Waals surface area (Å²) in [5.74, 6) is 2.03. The van der Waals surface area contributed by atoms with Gasteiger partial charge in [0.15, 0.2) is 12.4 Å². The average Bonchev–Trinajstić information content (AvgIpc) is 3.11. The van der Waals surface area contributed by atoms with Crippen LogP contribution in [0.4, 0.5) is 0 Å². The summed E-state index contributed by atoms with van der Waals surface area (Å²) in [5, 5.41) is 3.95. The smallest absolute Gasteiger partial charge is 0.229 e. The summed E-state index contributed by atoms with van der Waals surface area (Å²) < 4.78 is 15.2. The predicted molar refractivity (Wildman–Crippen MR) is 92.1 cm³/mol. The van der Waals surface area contributed by atoms with E-state index in [-0.39, 0.29) is 5.92 Å². The molecule has 1 unspecified atom stereocenters. The second kappa shape index (κ2) is 10.5. The Labute approximate surface area is 143 Å². The van der Waals surface area contributed by atoms with Crippen molar-refractivity contribution in [1.29, 1.82) is 0 Å². The first-order valence-corrected chi connectivity index (χ1v) is 8.10. The zero-order valence-corrected chi connectivity index (χ0v) is 15.0. The van der Waals surface area contributed by atoms with Gasteiger partial charge in [0.2, 0.25) is 11.7 Å². The molecule has 132 valence electrons. The molecule has 2 aromatic rings. The van der Waals surface area contributed by atoms with Gasteiger partial charge in [-0.1, -0.05) is 25.9 Å². The molecule has 0 aliphatic carbocycles. The largest absolute Gasteiger partial charge is 0.483 e. The minimum absolute atomic E-state index is 0.205. The molecule has 6 nitrogen and oxygen atoms in total. The van der Waals surface area contributed by atoms with Gasteiger partial charge in [-0.15, -0.1) is 0 Å². The first-order chi connectivity index (χ1) is 11.5. The van der Waals surface area contributed by atoms with Crippen molar-refractivity contribution >= 4 is 6.29 Å². The topological polar surface area (TPSA) is 74.5 Å². The molecule has 0 radical (unpaired) electrons. The normalized spacial score (nSPS) is 11.6. The third-order valence-electron chi connectivity index (χ3n) is 3.18. The summed E-state index contributed by atoms with van der Waals surface area (Å²) in [6.45, 7) is 8.68. The minimum Gasteiger partial charge on any atom is -0.483 e. The zero-order valence-electron chi connectivity index (χ0n) is 15.0. The highest BCUT2D eigenvalue weighted by molar-refractivity contribution is 5.58. The van der Waals surface area contributed by atoms with Gasteiger partial charge in [-0.05, 0) is 37.6 Å². The number of carbonyl (C=O) groups excluding carboxylic acids is 1. The van der Waals surface area contributed by atoms with Crippen molar-refractivity contribution < 1.29 is 18.8 Å². The Bertz CT molecular complexity index is 591. The molecular formula is C18H26N2O4. The molecule has 0 saturated carbocycles. The van der Waals surface area contributed by atoms with E-state index < -0.39 is 6.10 Å². The number of hydrogen-bond acceptors (Lipinski definition) is 6. The molecule has 0 N–H and O–H groups in total. The van der Waals surface area contributed by atoms with E-state index in [1.807, 2.05) is 39.8 Å². The van der Waals surface area contributed by atoms with E-state index in [2.05, 4.69) is 14.9 Å². The molecule has 0 fully saturated rings. The Morgan fingerprint density at radius 3 is 2.25 bits per heavy atom. The van der Waals surface area contributed by atoms with Crippen LogP contribution in [0.15, 0.2) is 28.8 Å². The molecule has 1 aromatic carbocycles. The third kappa shape index (κ3) is 6.12. The first-order valence-electron chi connectivity index (χ1n) is 8.10. The number of carbonyl (C=O) groups is 1. The second-order valence-electron chi connectivity index (χ2n) is 5.41. The Morgan fingerprint density at radius 2 is 1.83 bits per heavy atom. The molecule has 1 heterocycles. The Morgan fingerprint density at radius 1 is 1.21 bits per heavy atom. The highest BCUT2D eigenvalue weighted by Gasteiger charge is 2.12. The SMILES string of the molecule is CCC(C=O)Oc1ccc(-c2noc(C(C)C)n2)cc1.CCOC. The number of aldehydes is 1. The van der Waals surface area contributed by atoms with Gasteiger partial charge in [-0.25, -0.2) is 0 Å². The molecule has 0 aliphatic heterocycles. The van der Waals surface area contributed by atoms with E-state index in [1.54, 1.807) is 19.2 Å². The maximum atomic E-state index is 10.7. The highest BCUT2D eigenvalue weighted by Crippen LogP contribution is 2.22. The summed E-state index contributed by atoms with van der Waals surface area (Å²) in [6, 6.07) is 7.30. The second-order valence-corrected chi connectivity index (χ2v) is 5.41. The Kier molecular flexibility index (Phi) is 8.71. The maximum Gasteiger partial charge on any atom is 0.229 e. The van der Waals surface area contributed by atoms with Crippen LogP contribution in [0.2, 0.25) is 0 Å². The lowest BCUT2D eigenvalue weighted by Gasteiger charge is -2.11. The molecule has 1 aromatic heterocycles. The van der Waals surface area contributed by atoms with Crippen molar-refractivity contribution in [3.8, 4) is 17.1 Å². The molecule has 0 spiro atoms. The molecular weight excluding hydrogens is 308 g/mol. The number of rotatable bonds is 7. The lowest BCUT2D eigenvalue weighted by Crippen LogP contribution is -2.16. The van der Waals surface area contributed by atoms with Gasteiger partial charge in [-0.3, -0.25) is 4.79 Å². The number of ether oxygens (including phenoxy) is 2. The molecule has 6 heteroatoms. The third-order valence-corrected chi connectivity index (χ3v) is 3.18. The number of hydrogen-bond donors (Lipinski definition) is 0.